The molecule has 1 N–H and O–H groups in total. The summed E-state index contributed by atoms with van der Waals surface area (Å²) in [7, 11) is 0. The van der Waals surface area contributed by atoms with E-state index in [1.165, 1.54) is 4.90 Å². The summed E-state index contributed by atoms with van der Waals surface area (Å²) in [5.74, 6) is -0.0971. The number of imide groups is 1. The minimum Gasteiger partial charge on any atom is -0.297 e. The first-order valence-corrected chi connectivity index (χ1v) is 7.48. The third-order valence-electron chi connectivity index (χ3n) is 3.55. The van der Waals surface area contributed by atoms with Crippen molar-refractivity contribution in [1.29, 1.82) is 0 Å². The molecule has 3 rings (SSSR count). The number of aromatic nitrogens is 1. The first-order valence-electron chi connectivity index (χ1n) is 6.60. The van der Waals surface area contributed by atoms with Crippen molar-refractivity contribution in [2.45, 2.75) is 51.2 Å². The number of nitrogens with zero attached hydrogens (tertiary/aromatic N) is 2. The topological polar surface area (TPSA) is 62.3 Å². The summed E-state index contributed by atoms with van der Waals surface area (Å²) in [5.41, 5.74) is 0.988. The van der Waals surface area contributed by atoms with Crippen LogP contribution in [0, 0.1) is 6.92 Å². The lowest BCUT2D eigenvalue weighted by Crippen LogP contribution is -2.40. The molecule has 19 heavy (non-hydrogen) atoms. The Hall–Kier alpha value is -1.27. The van der Waals surface area contributed by atoms with E-state index < -0.39 is 0 Å². The number of carbonyl (C=O) groups is 2. The lowest BCUT2D eigenvalue weighted by molar-refractivity contribution is -0.139. The highest BCUT2D eigenvalue weighted by Crippen LogP contribution is 2.32. The van der Waals surface area contributed by atoms with Crippen LogP contribution < -0.4 is 5.32 Å². The summed E-state index contributed by atoms with van der Waals surface area (Å²) < 4.78 is 0. The number of rotatable bonds is 4. The second-order valence-electron chi connectivity index (χ2n) is 5.31. The van der Waals surface area contributed by atoms with Gasteiger partial charge in [-0.3, -0.25) is 19.8 Å². The molecule has 0 radical (unpaired) electrons. The number of hydrogen-bond donors (Lipinski definition) is 1. The Morgan fingerprint density at radius 1 is 1.47 bits per heavy atom. The standard InChI is InChI=1S/C13H17N3O2S/c1-7-6-19-12(14-7)8(2)15-10-5-11(17)16(13(10)18)9-3-4-9/h6,8-10,15H,3-5H2,1-2H3. The van der Waals surface area contributed by atoms with Crippen LogP contribution >= 0.6 is 11.3 Å². The first kappa shape index (κ1) is 12.7. The van der Waals surface area contributed by atoms with Crippen LogP contribution in [0.4, 0.5) is 0 Å². The van der Waals surface area contributed by atoms with Crippen LogP contribution in [0.2, 0.25) is 0 Å². The van der Waals surface area contributed by atoms with Gasteiger partial charge in [-0.05, 0) is 26.7 Å². The van der Waals surface area contributed by atoms with E-state index >= 15 is 0 Å². The maximum absolute atomic E-state index is 12.2. The first-order chi connectivity index (χ1) is 9.06. The van der Waals surface area contributed by atoms with Gasteiger partial charge in [0.2, 0.25) is 11.8 Å². The number of nitrogens with one attached hydrogen (secondary N) is 1. The number of amides is 2. The van der Waals surface area contributed by atoms with Gasteiger partial charge in [-0.25, -0.2) is 4.98 Å². The molecule has 2 amide bonds. The van der Waals surface area contributed by atoms with Gasteiger partial charge in [-0.2, -0.15) is 0 Å². The molecule has 2 atom stereocenters. The summed E-state index contributed by atoms with van der Waals surface area (Å²) in [6.07, 6.45) is 2.21. The van der Waals surface area contributed by atoms with E-state index in [9.17, 15) is 9.59 Å². The van der Waals surface area contributed by atoms with Crippen molar-refractivity contribution in [3.05, 3.63) is 16.1 Å². The molecule has 1 aliphatic heterocycles. The third-order valence-corrected chi connectivity index (χ3v) is 4.70. The molecule has 5 nitrogen and oxygen atoms in total. The fourth-order valence-corrected chi connectivity index (χ4v) is 3.25. The Balaban J connectivity index is 1.67. The molecule has 2 aliphatic rings. The number of aryl methyl sites for hydroxylation is 1. The van der Waals surface area contributed by atoms with Gasteiger partial charge in [-0.15, -0.1) is 11.3 Å². The van der Waals surface area contributed by atoms with Crippen molar-refractivity contribution in [3.63, 3.8) is 0 Å². The number of carbonyl (C=O) groups excluding carboxylic acids is 2. The largest absolute Gasteiger partial charge is 0.297 e. The van der Waals surface area contributed by atoms with Gasteiger partial charge in [0, 0.05) is 17.1 Å². The molecule has 0 spiro atoms. The average molecular weight is 279 g/mol. The van der Waals surface area contributed by atoms with Crippen molar-refractivity contribution in [2.24, 2.45) is 0 Å². The smallest absolute Gasteiger partial charge is 0.247 e. The Labute approximate surface area is 116 Å². The van der Waals surface area contributed by atoms with Crippen molar-refractivity contribution in [2.75, 3.05) is 0 Å². The maximum atomic E-state index is 12.2. The number of hydrogen-bond acceptors (Lipinski definition) is 5. The normalized spacial score (nSPS) is 25.2. The van der Waals surface area contributed by atoms with Crippen molar-refractivity contribution in [1.82, 2.24) is 15.2 Å². The fourth-order valence-electron chi connectivity index (χ4n) is 2.44. The van der Waals surface area contributed by atoms with E-state index in [2.05, 4.69) is 10.3 Å². The second-order valence-corrected chi connectivity index (χ2v) is 6.20. The molecule has 0 aromatic carbocycles. The third kappa shape index (κ3) is 2.42. The van der Waals surface area contributed by atoms with Gasteiger partial charge in [0.15, 0.2) is 0 Å². The van der Waals surface area contributed by atoms with Crippen LogP contribution in [0.15, 0.2) is 5.38 Å². The van der Waals surface area contributed by atoms with Gasteiger partial charge in [0.05, 0.1) is 18.5 Å². The van der Waals surface area contributed by atoms with Crippen molar-refractivity contribution in [3.8, 4) is 0 Å². The minimum absolute atomic E-state index is 0.000368. The average Bonchev–Trinajstić information content (AvgIpc) is 3.02. The zero-order chi connectivity index (χ0) is 13.6. The Morgan fingerprint density at radius 3 is 2.79 bits per heavy atom. The number of likely N-dealkylation sites (tertiary alicyclic amines) is 1. The molecule has 2 unspecified atom stereocenters. The molecule has 0 bridgehead atoms. The van der Waals surface area contributed by atoms with E-state index in [4.69, 9.17) is 0 Å². The molecule has 102 valence electrons. The van der Waals surface area contributed by atoms with Gasteiger partial charge in [0.25, 0.3) is 0 Å². The van der Waals surface area contributed by atoms with Gasteiger partial charge < -0.3 is 0 Å². The maximum Gasteiger partial charge on any atom is 0.247 e. The predicted molar refractivity (Wildman–Crippen MR) is 71.7 cm³/mol. The van der Waals surface area contributed by atoms with Gasteiger partial charge in [-0.1, -0.05) is 0 Å². The molecule has 1 aromatic rings. The Bertz CT molecular complexity index is 524. The number of thiazole rings is 1. The highest BCUT2D eigenvalue weighted by molar-refractivity contribution is 7.09. The SMILES string of the molecule is Cc1csc(C(C)NC2CC(=O)N(C3CC3)C2=O)n1. The molecule has 1 saturated heterocycles. The summed E-state index contributed by atoms with van der Waals surface area (Å²) in [4.78, 5) is 29.9. The van der Waals surface area contributed by atoms with E-state index in [1.54, 1.807) is 11.3 Å². The molecular formula is C13H17N3O2S. The second kappa shape index (κ2) is 4.68. The van der Waals surface area contributed by atoms with E-state index in [1.807, 2.05) is 19.2 Å². The van der Waals surface area contributed by atoms with Gasteiger partial charge >= 0.3 is 0 Å². The fraction of sp³-hybridized carbons (Fsp3) is 0.615. The molecule has 1 aliphatic carbocycles. The van der Waals surface area contributed by atoms with Gasteiger partial charge in [0.1, 0.15) is 5.01 Å². The molecule has 1 aromatic heterocycles. The molecule has 6 heteroatoms. The van der Waals surface area contributed by atoms with Crippen molar-refractivity contribution >= 4 is 23.2 Å². The monoisotopic (exact) mass is 279 g/mol. The van der Waals surface area contributed by atoms with Crippen molar-refractivity contribution < 1.29 is 9.59 Å². The quantitative estimate of drug-likeness (QED) is 0.846. The molecule has 2 fully saturated rings. The van der Waals surface area contributed by atoms with Crippen LogP contribution in [-0.4, -0.2) is 33.8 Å². The van der Waals surface area contributed by atoms with Crippen LogP contribution in [0.25, 0.3) is 0 Å². The van der Waals surface area contributed by atoms with Crippen LogP contribution in [0.3, 0.4) is 0 Å². The summed E-state index contributed by atoms with van der Waals surface area (Å²) in [6, 6.07) is -0.212. The Morgan fingerprint density at radius 2 is 2.21 bits per heavy atom. The van der Waals surface area contributed by atoms with Crippen LogP contribution in [0.5, 0.6) is 0 Å². The molecule has 2 heterocycles. The summed E-state index contributed by atoms with van der Waals surface area (Å²) in [5, 5.41) is 6.19. The van der Waals surface area contributed by atoms with E-state index in [-0.39, 0.29) is 36.4 Å². The van der Waals surface area contributed by atoms with Crippen LogP contribution in [-0.2, 0) is 9.59 Å². The highest BCUT2D eigenvalue weighted by Gasteiger charge is 2.46. The predicted octanol–water partition coefficient (Wildman–Crippen LogP) is 1.39. The lowest BCUT2D eigenvalue weighted by atomic mass is 10.2. The summed E-state index contributed by atoms with van der Waals surface area (Å²) >= 11 is 1.58. The lowest BCUT2D eigenvalue weighted by Gasteiger charge is -2.17. The minimum atomic E-state index is -0.382. The van der Waals surface area contributed by atoms with E-state index in [0.717, 1.165) is 23.5 Å². The molecular weight excluding hydrogens is 262 g/mol. The zero-order valence-corrected chi connectivity index (χ0v) is 11.9. The Kier molecular flexibility index (Phi) is 3.14. The van der Waals surface area contributed by atoms with Crippen LogP contribution in [0.1, 0.15) is 42.9 Å². The summed E-state index contributed by atoms with van der Waals surface area (Å²) in [6.45, 7) is 3.93. The molecule has 1 saturated carbocycles. The zero-order valence-electron chi connectivity index (χ0n) is 11.0. The highest BCUT2D eigenvalue weighted by atomic mass is 32.1. The van der Waals surface area contributed by atoms with E-state index in [0.29, 0.717) is 0 Å².